The van der Waals surface area contributed by atoms with E-state index in [1.165, 1.54) is 12.0 Å². The van der Waals surface area contributed by atoms with E-state index in [1.54, 1.807) is 20.1 Å². The van der Waals surface area contributed by atoms with Crippen LogP contribution >= 0.6 is 0 Å². The monoisotopic (exact) mass is 278 g/mol. The van der Waals surface area contributed by atoms with Crippen LogP contribution in [0.15, 0.2) is 18.3 Å². The summed E-state index contributed by atoms with van der Waals surface area (Å²) in [5.74, 6) is -0.805. The number of methoxy groups -OCH3 is 1. The number of hydrogen-bond donors (Lipinski definition) is 0. The van der Waals surface area contributed by atoms with Crippen LogP contribution in [0.25, 0.3) is 0 Å². The minimum atomic E-state index is -0.422. The molecule has 0 aliphatic carbocycles. The second-order valence-electron chi connectivity index (χ2n) is 4.64. The van der Waals surface area contributed by atoms with E-state index in [1.807, 2.05) is 19.1 Å². The Balaban J connectivity index is 2.47. The highest BCUT2D eigenvalue weighted by molar-refractivity contribution is 6.66. The van der Waals surface area contributed by atoms with E-state index in [2.05, 4.69) is 9.72 Å². The van der Waals surface area contributed by atoms with E-state index in [-0.39, 0.29) is 13.1 Å². The van der Waals surface area contributed by atoms with Gasteiger partial charge in [-0.1, -0.05) is 0 Å². The van der Waals surface area contributed by atoms with Crippen molar-refractivity contribution < 1.29 is 19.0 Å². The van der Waals surface area contributed by atoms with E-state index in [0.717, 1.165) is 5.56 Å². The van der Waals surface area contributed by atoms with Crippen molar-refractivity contribution in [3.05, 3.63) is 23.9 Å². The zero-order valence-corrected chi connectivity index (χ0v) is 12.3. The molecule has 1 aromatic heterocycles. The Bertz CT molecular complexity index is 481. The zero-order valence-electron chi connectivity index (χ0n) is 12.3. The Morgan fingerprint density at radius 2 is 2.00 bits per heavy atom. The quantitative estimate of drug-likeness (QED) is 0.533. The van der Waals surface area contributed by atoms with E-state index in [4.69, 9.17) is 4.65 Å². The first-order valence-corrected chi connectivity index (χ1v) is 6.29. The summed E-state index contributed by atoms with van der Waals surface area (Å²) >= 11 is 0. The number of rotatable bonds is 6. The molecule has 1 aromatic rings. The third-order valence-corrected chi connectivity index (χ3v) is 2.69. The summed E-state index contributed by atoms with van der Waals surface area (Å²) < 4.78 is 9.81. The molecule has 0 unspecified atom stereocenters. The van der Waals surface area contributed by atoms with Crippen LogP contribution in [0, 0.1) is 6.92 Å². The maximum Gasteiger partial charge on any atom is 0.410 e. The van der Waals surface area contributed by atoms with Gasteiger partial charge in [-0.3, -0.25) is 19.5 Å². The second kappa shape index (κ2) is 7.64. The fraction of sp³-hybridized carbons (Fsp3) is 0.462. The van der Waals surface area contributed by atoms with Crippen LogP contribution in [0.2, 0.25) is 6.82 Å². The fourth-order valence-corrected chi connectivity index (χ4v) is 1.64. The Kier molecular flexibility index (Phi) is 6.18. The van der Waals surface area contributed by atoms with Crippen LogP contribution in [0.1, 0.15) is 5.56 Å². The lowest BCUT2D eigenvalue weighted by Crippen LogP contribution is -2.39. The van der Waals surface area contributed by atoms with Gasteiger partial charge in [-0.15, -0.1) is 0 Å². The van der Waals surface area contributed by atoms with E-state index < -0.39 is 18.9 Å². The summed E-state index contributed by atoms with van der Waals surface area (Å²) in [4.78, 5) is 28.5. The molecule has 0 aliphatic rings. The number of pyridine rings is 1. The van der Waals surface area contributed by atoms with Gasteiger partial charge in [0.2, 0.25) is 0 Å². The third kappa shape index (κ3) is 5.40. The molecule has 0 spiro atoms. The summed E-state index contributed by atoms with van der Waals surface area (Å²) in [6.07, 6.45) is 1.68. The molecule has 0 saturated heterocycles. The van der Waals surface area contributed by atoms with Crippen LogP contribution in [0.5, 0.6) is 0 Å². The lowest BCUT2D eigenvalue weighted by Gasteiger charge is -2.16. The van der Waals surface area contributed by atoms with Crippen molar-refractivity contribution in [3.63, 3.8) is 0 Å². The predicted octanol–water partition coefficient (Wildman–Crippen LogP) is -0.134. The van der Waals surface area contributed by atoms with Crippen LogP contribution in [-0.2, 0) is 19.0 Å². The molecular formula is C13H19BN2O4. The molecule has 0 bridgehead atoms. The Morgan fingerprint density at radius 1 is 1.35 bits per heavy atom. The maximum absolute atomic E-state index is 11.7. The molecule has 0 radical (unpaired) electrons. The number of ether oxygens (including phenoxy) is 1. The van der Waals surface area contributed by atoms with Crippen molar-refractivity contribution in [3.8, 4) is 0 Å². The van der Waals surface area contributed by atoms with Gasteiger partial charge < -0.3 is 9.39 Å². The van der Waals surface area contributed by atoms with Crippen molar-refractivity contribution >= 4 is 24.4 Å². The molecule has 20 heavy (non-hydrogen) atoms. The number of aromatic nitrogens is 1. The van der Waals surface area contributed by atoms with Crippen molar-refractivity contribution in [2.75, 3.05) is 27.2 Å². The molecule has 0 aromatic carbocycles. The SMILES string of the molecule is COC(=O)CN(C)CC(=O)OB(C)c1cc(C)ccn1. The highest BCUT2D eigenvalue weighted by Gasteiger charge is 2.20. The first-order valence-electron chi connectivity index (χ1n) is 6.29. The second-order valence-corrected chi connectivity index (χ2v) is 4.64. The van der Waals surface area contributed by atoms with Crippen molar-refractivity contribution in [1.82, 2.24) is 9.88 Å². The van der Waals surface area contributed by atoms with E-state index >= 15 is 0 Å². The zero-order chi connectivity index (χ0) is 15.1. The van der Waals surface area contributed by atoms with Gasteiger partial charge in [-0.05, 0) is 38.5 Å². The topological polar surface area (TPSA) is 68.7 Å². The number of aryl methyl sites for hydroxylation is 1. The van der Waals surface area contributed by atoms with Gasteiger partial charge in [0.15, 0.2) is 0 Å². The van der Waals surface area contributed by atoms with Gasteiger partial charge in [0.1, 0.15) is 0 Å². The molecule has 1 rings (SSSR count). The molecule has 6 nitrogen and oxygen atoms in total. The largest absolute Gasteiger partial charge is 0.529 e. The third-order valence-electron chi connectivity index (χ3n) is 2.69. The molecule has 1 heterocycles. The number of carbonyl (C=O) groups is 2. The Hall–Kier alpha value is -1.89. The van der Waals surface area contributed by atoms with E-state index in [0.29, 0.717) is 5.59 Å². The maximum atomic E-state index is 11.7. The van der Waals surface area contributed by atoms with Gasteiger partial charge in [0.25, 0.3) is 0 Å². The summed E-state index contributed by atoms with van der Waals surface area (Å²) in [6, 6.07) is 3.75. The first-order chi connectivity index (χ1) is 9.42. The molecule has 0 atom stereocenters. The predicted molar refractivity (Wildman–Crippen MR) is 75.8 cm³/mol. The van der Waals surface area contributed by atoms with Crippen LogP contribution in [0.4, 0.5) is 0 Å². The summed E-state index contributed by atoms with van der Waals surface area (Å²) in [7, 11) is 2.95. The fourth-order valence-electron chi connectivity index (χ4n) is 1.64. The molecule has 0 N–H and O–H groups in total. The molecule has 108 valence electrons. The molecule has 0 amide bonds. The Morgan fingerprint density at radius 3 is 2.60 bits per heavy atom. The normalized spacial score (nSPS) is 10.2. The molecular weight excluding hydrogens is 259 g/mol. The number of esters is 1. The average Bonchev–Trinajstić information content (AvgIpc) is 2.37. The van der Waals surface area contributed by atoms with Gasteiger partial charge in [-0.2, -0.15) is 0 Å². The van der Waals surface area contributed by atoms with Gasteiger partial charge in [0.05, 0.1) is 25.8 Å². The summed E-state index contributed by atoms with van der Waals surface area (Å²) in [5.41, 5.74) is 1.76. The van der Waals surface area contributed by atoms with Gasteiger partial charge in [-0.25, -0.2) is 0 Å². The lowest BCUT2D eigenvalue weighted by atomic mass is 9.67. The molecule has 0 fully saturated rings. The van der Waals surface area contributed by atoms with Crippen molar-refractivity contribution in [1.29, 1.82) is 0 Å². The van der Waals surface area contributed by atoms with Crippen molar-refractivity contribution in [2.24, 2.45) is 0 Å². The van der Waals surface area contributed by atoms with Gasteiger partial charge >= 0.3 is 18.9 Å². The summed E-state index contributed by atoms with van der Waals surface area (Å²) in [6.45, 7) is 3.35. The number of carbonyl (C=O) groups excluding carboxylic acids is 2. The molecule has 0 saturated carbocycles. The van der Waals surface area contributed by atoms with Crippen LogP contribution in [-0.4, -0.2) is 56.0 Å². The van der Waals surface area contributed by atoms with E-state index in [9.17, 15) is 9.59 Å². The minimum Gasteiger partial charge on any atom is -0.529 e. The highest BCUT2D eigenvalue weighted by atomic mass is 16.5. The number of nitrogens with zero attached hydrogens (tertiary/aromatic N) is 2. The molecule has 0 aliphatic heterocycles. The van der Waals surface area contributed by atoms with Crippen LogP contribution < -0.4 is 5.59 Å². The Labute approximate surface area is 119 Å². The number of hydrogen-bond acceptors (Lipinski definition) is 6. The lowest BCUT2D eigenvalue weighted by molar-refractivity contribution is -0.142. The minimum absolute atomic E-state index is 0.0191. The standard InChI is InChI=1S/C13H19BN2O4/c1-10-5-6-15-11(7-10)14(2)20-13(18)9-16(3)8-12(17)19-4/h5-7H,8-9H2,1-4H3. The summed E-state index contributed by atoms with van der Waals surface area (Å²) in [5, 5.41) is 0. The molecule has 7 heteroatoms. The highest BCUT2D eigenvalue weighted by Crippen LogP contribution is 1.95. The van der Waals surface area contributed by atoms with Crippen molar-refractivity contribution in [2.45, 2.75) is 13.7 Å². The van der Waals surface area contributed by atoms with Gasteiger partial charge in [0, 0.05) is 6.20 Å². The average molecular weight is 278 g/mol. The first kappa shape index (κ1) is 16.2. The number of likely N-dealkylation sites (N-methyl/N-ethyl adjacent to an activating group) is 1. The smallest absolute Gasteiger partial charge is 0.410 e. The van der Waals surface area contributed by atoms with Crippen LogP contribution in [0.3, 0.4) is 0 Å².